The number of carbonyl (C=O) groups is 2. The molecule has 2 amide bonds. The minimum Gasteiger partial charge on any atom is -0.496 e. The highest BCUT2D eigenvalue weighted by molar-refractivity contribution is 5.94. The van der Waals surface area contributed by atoms with Gasteiger partial charge in [0.2, 0.25) is 5.91 Å². The largest absolute Gasteiger partial charge is 0.496 e. The van der Waals surface area contributed by atoms with Crippen LogP contribution in [0.15, 0.2) is 48.5 Å². The fraction of sp³-hybridized carbons (Fsp3) is 0.300. The van der Waals surface area contributed by atoms with Crippen LogP contribution in [0.2, 0.25) is 0 Å². The first-order valence-corrected chi connectivity index (χ1v) is 8.43. The van der Waals surface area contributed by atoms with Gasteiger partial charge in [0, 0.05) is 16.9 Å². The highest BCUT2D eigenvalue weighted by atomic mass is 16.5. The molecule has 6 nitrogen and oxygen atoms in total. The Morgan fingerprint density at radius 1 is 1.00 bits per heavy atom. The maximum absolute atomic E-state index is 12.3. The van der Waals surface area contributed by atoms with Gasteiger partial charge in [-0.1, -0.05) is 38.1 Å². The molecule has 2 aromatic rings. The highest BCUT2D eigenvalue weighted by Crippen LogP contribution is 2.19. The Kier molecular flexibility index (Phi) is 7.02. The van der Waals surface area contributed by atoms with Gasteiger partial charge in [0.05, 0.1) is 20.1 Å². The standard InChI is InChI=1S/C20H24N2O4/c1-14(2)13-26-20(24)22-17-9-6-8-16(12-17)21-19(23)11-15-7-4-5-10-18(15)25-3/h4-10,12,14H,11,13H2,1-3H3,(H,21,23)(H,22,24). The van der Waals surface area contributed by atoms with Crippen molar-refractivity contribution in [2.75, 3.05) is 24.4 Å². The SMILES string of the molecule is COc1ccccc1CC(=O)Nc1cccc(NC(=O)OCC(C)C)c1. The second kappa shape index (κ2) is 9.46. The van der Waals surface area contributed by atoms with Gasteiger partial charge in [-0.05, 0) is 30.2 Å². The zero-order valence-electron chi connectivity index (χ0n) is 15.2. The zero-order valence-corrected chi connectivity index (χ0v) is 15.2. The summed E-state index contributed by atoms with van der Waals surface area (Å²) in [7, 11) is 1.57. The summed E-state index contributed by atoms with van der Waals surface area (Å²) >= 11 is 0. The number of rotatable bonds is 7. The van der Waals surface area contributed by atoms with Crippen molar-refractivity contribution in [1.82, 2.24) is 0 Å². The molecule has 0 radical (unpaired) electrons. The van der Waals surface area contributed by atoms with Crippen LogP contribution in [0.3, 0.4) is 0 Å². The summed E-state index contributed by atoms with van der Waals surface area (Å²) in [6.45, 7) is 4.28. The number of ether oxygens (including phenoxy) is 2. The van der Waals surface area contributed by atoms with E-state index in [4.69, 9.17) is 9.47 Å². The van der Waals surface area contributed by atoms with Crippen LogP contribution in [0.4, 0.5) is 16.2 Å². The molecule has 0 aliphatic heterocycles. The fourth-order valence-electron chi connectivity index (χ4n) is 2.30. The van der Waals surface area contributed by atoms with E-state index < -0.39 is 6.09 Å². The molecule has 0 bridgehead atoms. The van der Waals surface area contributed by atoms with Crippen molar-refractivity contribution in [2.24, 2.45) is 5.92 Å². The number of amides is 2. The van der Waals surface area contributed by atoms with E-state index in [1.54, 1.807) is 31.4 Å². The molecular formula is C20H24N2O4. The van der Waals surface area contributed by atoms with Crippen LogP contribution >= 0.6 is 0 Å². The lowest BCUT2D eigenvalue weighted by Gasteiger charge is -2.11. The summed E-state index contributed by atoms with van der Waals surface area (Å²) in [6, 6.07) is 14.3. The molecule has 0 aliphatic rings. The average Bonchev–Trinajstić information content (AvgIpc) is 2.60. The number of carbonyl (C=O) groups excluding carboxylic acids is 2. The number of hydrogen-bond acceptors (Lipinski definition) is 4. The van der Waals surface area contributed by atoms with Gasteiger partial charge in [0.25, 0.3) is 0 Å². The van der Waals surface area contributed by atoms with E-state index in [0.717, 1.165) is 5.56 Å². The maximum Gasteiger partial charge on any atom is 0.411 e. The van der Waals surface area contributed by atoms with E-state index in [1.807, 2.05) is 38.1 Å². The molecule has 0 fully saturated rings. The van der Waals surface area contributed by atoms with Gasteiger partial charge in [-0.25, -0.2) is 4.79 Å². The van der Waals surface area contributed by atoms with Crippen LogP contribution < -0.4 is 15.4 Å². The molecule has 2 rings (SSSR count). The summed E-state index contributed by atoms with van der Waals surface area (Å²) in [6.07, 6.45) is -0.325. The smallest absolute Gasteiger partial charge is 0.411 e. The van der Waals surface area contributed by atoms with Gasteiger partial charge in [-0.15, -0.1) is 0 Å². The molecule has 6 heteroatoms. The van der Waals surface area contributed by atoms with Crippen LogP contribution in [-0.2, 0) is 16.0 Å². The van der Waals surface area contributed by atoms with E-state index in [0.29, 0.717) is 23.7 Å². The topological polar surface area (TPSA) is 76.7 Å². The number of benzene rings is 2. The molecule has 26 heavy (non-hydrogen) atoms. The molecule has 0 spiro atoms. The summed E-state index contributed by atoms with van der Waals surface area (Å²) in [4.78, 5) is 24.0. The Morgan fingerprint density at radius 2 is 1.69 bits per heavy atom. The van der Waals surface area contributed by atoms with Gasteiger partial charge >= 0.3 is 6.09 Å². The van der Waals surface area contributed by atoms with E-state index in [1.165, 1.54) is 0 Å². The highest BCUT2D eigenvalue weighted by Gasteiger charge is 2.10. The fourth-order valence-corrected chi connectivity index (χ4v) is 2.30. The quantitative estimate of drug-likeness (QED) is 0.784. The summed E-state index contributed by atoms with van der Waals surface area (Å²) in [5.41, 5.74) is 1.94. The molecule has 0 unspecified atom stereocenters. The van der Waals surface area contributed by atoms with Crippen LogP contribution in [-0.4, -0.2) is 25.7 Å². The van der Waals surface area contributed by atoms with Gasteiger partial charge < -0.3 is 14.8 Å². The normalized spacial score (nSPS) is 10.3. The summed E-state index contributed by atoms with van der Waals surface area (Å²) in [5, 5.41) is 5.47. The van der Waals surface area contributed by atoms with Crippen molar-refractivity contribution in [3.8, 4) is 5.75 Å². The Labute approximate surface area is 153 Å². The number of hydrogen-bond donors (Lipinski definition) is 2. The third-order valence-corrected chi connectivity index (χ3v) is 3.48. The molecule has 0 atom stereocenters. The molecule has 138 valence electrons. The first-order valence-electron chi connectivity index (χ1n) is 8.43. The van der Waals surface area contributed by atoms with Gasteiger partial charge in [-0.2, -0.15) is 0 Å². The molecule has 2 N–H and O–H groups in total. The van der Waals surface area contributed by atoms with Crippen molar-refractivity contribution < 1.29 is 19.1 Å². The van der Waals surface area contributed by atoms with E-state index in [-0.39, 0.29) is 18.2 Å². The Bertz CT molecular complexity index is 759. The first-order chi connectivity index (χ1) is 12.5. The average molecular weight is 356 g/mol. The molecule has 0 saturated heterocycles. The molecule has 0 saturated carbocycles. The molecular weight excluding hydrogens is 332 g/mol. The van der Waals surface area contributed by atoms with Gasteiger partial charge in [0.15, 0.2) is 0 Å². The van der Waals surface area contributed by atoms with Crippen molar-refractivity contribution in [2.45, 2.75) is 20.3 Å². The van der Waals surface area contributed by atoms with Crippen molar-refractivity contribution in [3.05, 3.63) is 54.1 Å². The Morgan fingerprint density at radius 3 is 2.38 bits per heavy atom. The lowest BCUT2D eigenvalue weighted by Crippen LogP contribution is -2.17. The second-order valence-corrected chi connectivity index (χ2v) is 6.23. The van der Waals surface area contributed by atoms with Crippen LogP contribution in [0.5, 0.6) is 5.75 Å². The van der Waals surface area contributed by atoms with E-state index in [2.05, 4.69) is 10.6 Å². The third-order valence-electron chi connectivity index (χ3n) is 3.48. The number of anilines is 2. The van der Waals surface area contributed by atoms with E-state index >= 15 is 0 Å². The molecule has 0 aliphatic carbocycles. The van der Waals surface area contributed by atoms with Crippen molar-refractivity contribution >= 4 is 23.4 Å². The third kappa shape index (κ3) is 6.12. The lowest BCUT2D eigenvalue weighted by atomic mass is 10.1. The lowest BCUT2D eigenvalue weighted by molar-refractivity contribution is -0.115. The van der Waals surface area contributed by atoms with Crippen LogP contribution in [0.1, 0.15) is 19.4 Å². The van der Waals surface area contributed by atoms with Crippen molar-refractivity contribution in [3.63, 3.8) is 0 Å². The van der Waals surface area contributed by atoms with E-state index in [9.17, 15) is 9.59 Å². The molecule has 2 aromatic carbocycles. The van der Waals surface area contributed by atoms with Crippen molar-refractivity contribution in [1.29, 1.82) is 0 Å². The summed E-state index contributed by atoms with van der Waals surface area (Å²) in [5.74, 6) is 0.765. The number of methoxy groups -OCH3 is 1. The number of para-hydroxylation sites is 1. The minimum atomic E-state index is -0.517. The predicted octanol–water partition coefficient (Wildman–Crippen LogP) is 4.08. The number of nitrogens with one attached hydrogen (secondary N) is 2. The maximum atomic E-state index is 12.3. The minimum absolute atomic E-state index is 0.172. The van der Waals surface area contributed by atoms with Crippen LogP contribution in [0, 0.1) is 5.92 Å². The predicted molar refractivity (Wildman–Crippen MR) is 102 cm³/mol. The Hall–Kier alpha value is -3.02. The second-order valence-electron chi connectivity index (χ2n) is 6.23. The molecule has 0 aromatic heterocycles. The summed E-state index contributed by atoms with van der Waals surface area (Å²) < 4.78 is 10.3. The monoisotopic (exact) mass is 356 g/mol. The van der Waals surface area contributed by atoms with Crippen LogP contribution in [0.25, 0.3) is 0 Å². The molecule has 0 heterocycles. The van der Waals surface area contributed by atoms with Gasteiger partial charge in [0.1, 0.15) is 5.75 Å². The Balaban J connectivity index is 1.95. The zero-order chi connectivity index (χ0) is 18.9. The van der Waals surface area contributed by atoms with Gasteiger partial charge in [-0.3, -0.25) is 10.1 Å². The first kappa shape index (κ1) is 19.3.